The van der Waals surface area contributed by atoms with Crippen LogP contribution in [0.2, 0.25) is 0 Å². The molecule has 4 saturated carbocycles. The number of aromatic nitrogens is 2. The Labute approximate surface area is 205 Å². The van der Waals surface area contributed by atoms with Crippen LogP contribution in [0.15, 0.2) is 85.2 Å². The maximum absolute atomic E-state index is 5.26. The van der Waals surface area contributed by atoms with E-state index in [1.807, 2.05) is 23.7 Å². The number of nitrogens with zero attached hydrogens (tertiary/aromatic N) is 3. The summed E-state index contributed by atoms with van der Waals surface area (Å²) >= 11 is 1.84. The van der Waals surface area contributed by atoms with E-state index < -0.39 is 0 Å². The third kappa shape index (κ3) is 3.47. The zero-order valence-corrected chi connectivity index (χ0v) is 20.1. The van der Waals surface area contributed by atoms with Crippen molar-refractivity contribution in [2.45, 2.75) is 38.1 Å². The molecule has 0 spiro atoms. The SMILES string of the molecule is c1ccc(-c2nc(-c3ccncc3)sc2N(c2ccccc2)C2C3CC4CC(C3)CC2C4)cc1. The predicted octanol–water partition coefficient (Wildman–Crippen LogP) is 7.83. The van der Waals surface area contributed by atoms with Crippen LogP contribution >= 0.6 is 11.3 Å². The van der Waals surface area contributed by atoms with Gasteiger partial charge in [-0.25, -0.2) is 4.98 Å². The summed E-state index contributed by atoms with van der Waals surface area (Å²) in [6.45, 7) is 0. The Morgan fingerprint density at radius 1 is 0.676 bits per heavy atom. The molecule has 34 heavy (non-hydrogen) atoms. The summed E-state index contributed by atoms with van der Waals surface area (Å²) in [6, 6.07) is 26.6. The second-order valence-corrected chi connectivity index (χ2v) is 11.4. The number of rotatable bonds is 5. The normalized spacial score (nSPS) is 27.1. The Morgan fingerprint density at radius 3 is 1.94 bits per heavy atom. The highest BCUT2D eigenvalue weighted by atomic mass is 32.1. The van der Waals surface area contributed by atoms with E-state index in [-0.39, 0.29) is 0 Å². The number of hydrogen-bond donors (Lipinski definition) is 0. The van der Waals surface area contributed by atoms with Crippen LogP contribution in [0.25, 0.3) is 21.8 Å². The molecule has 0 amide bonds. The van der Waals surface area contributed by atoms with Gasteiger partial charge in [-0.15, -0.1) is 0 Å². The van der Waals surface area contributed by atoms with E-state index in [9.17, 15) is 0 Å². The Kier molecular flexibility index (Phi) is 5.01. The van der Waals surface area contributed by atoms with Gasteiger partial charge in [0.2, 0.25) is 0 Å². The molecule has 4 aromatic rings. The molecule has 4 heteroatoms. The Bertz CT molecular complexity index is 1240. The molecule has 4 fully saturated rings. The molecule has 0 aliphatic heterocycles. The van der Waals surface area contributed by atoms with Gasteiger partial charge < -0.3 is 4.90 Å². The van der Waals surface area contributed by atoms with Gasteiger partial charge in [0, 0.05) is 35.2 Å². The standard InChI is InChI=1S/C30H29N3S/c1-3-7-22(8-4-1)27-30(34-29(32-27)23-11-13-31-14-12-23)33(26-9-5-2-6-10-26)28-24-16-20-15-21(18-24)19-25(28)17-20/h1-14,20-21,24-25,28H,15-19H2. The molecule has 0 saturated heterocycles. The number of para-hydroxylation sites is 1. The molecule has 170 valence electrons. The van der Waals surface area contributed by atoms with Crippen LogP contribution < -0.4 is 4.90 Å². The van der Waals surface area contributed by atoms with Crippen LogP contribution in [0, 0.1) is 23.7 Å². The molecular weight excluding hydrogens is 434 g/mol. The van der Waals surface area contributed by atoms with E-state index >= 15 is 0 Å². The van der Waals surface area contributed by atoms with Crippen molar-refractivity contribution in [2.24, 2.45) is 23.7 Å². The molecule has 2 aromatic carbocycles. The molecular formula is C30H29N3S. The summed E-state index contributed by atoms with van der Waals surface area (Å²) in [5.74, 6) is 3.48. The van der Waals surface area contributed by atoms with E-state index in [0.717, 1.165) is 39.9 Å². The van der Waals surface area contributed by atoms with E-state index in [2.05, 4.69) is 82.7 Å². The molecule has 0 unspecified atom stereocenters. The van der Waals surface area contributed by atoms with Gasteiger partial charge in [0.05, 0.1) is 0 Å². The lowest BCUT2D eigenvalue weighted by atomic mass is 9.54. The second kappa shape index (κ2) is 8.35. The van der Waals surface area contributed by atoms with Gasteiger partial charge in [-0.2, -0.15) is 0 Å². The molecule has 4 aliphatic carbocycles. The van der Waals surface area contributed by atoms with E-state index in [1.54, 1.807) is 0 Å². The Balaban J connectivity index is 1.42. The van der Waals surface area contributed by atoms with Crippen molar-refractivity contribution >= 4 is 22.0 Å². The van der Waals surface area contributed by atoms with Crippen LogP contribution in [0.3, 0.4) is 0 Å². The highest BCUT2D eigenvalue weighted by Crippen LogP contribution is 2.58. The largest absolute Gasteiger partial charge is 0.328 e. The average Bonchev–Trinajstić information content (AvgIpc) is 3.32. The van der Waals surface area contributed by atoms with Crippen LogP contribution in [-0.2, 0) is 0 Å². The fraction of sp³-hybridized carbons (Fsp3) is 0.333. The minimum Gasteiger partial charge on any atom is -0.328 e. The molecule has 0 atom stereocenters. The molecule has 3 nitrogen and oxygen atoms in total. The van der Waals surface area contributed by atoms with Crippen molar-refractivity contribution in [1.29, 1.82) is 0 Å². The van der Waals surface area contributed by atoms with Crippen LogP contribution in [0.1, 0.15) is 32.1 Å². The summed E-state index contributed by atoms with van der Waals surface area (Å²) in [5, 5.41) is 2.36. The lowest BCUT2D eigenvalue weighted by Crippen LogP contribution is -2.54. The fourth-order valence-electron chi connectivity index (χ4n) is 7.21. The molecule has 0 N–H and O–H groups in total. The maximum atomic E-state index is 5.26. The maximum Gasteiger partial charge on any atom is 0.126 e. The summed E-state index contributed by atoms with van der Waals surface area (Å²) in [6.07, 6.45) is 10.8. The van der Waals surface area contributed by atoms with E-state index in [1.165, 1.54) is 48.4 Å². The van der Waals surface area contributed by atoms with Gasteiger partial charge in [-0.1, -0.05) is 59.9 Å². The monoisotopic (exact) mass is 463 g/mol. The van der Waals surface area contributed by atoms with Crippen molar-refractivity contribution in [3.63, 3.8) is 0 Å². The minimum atomic E-state index is 0.559. The molecule has 4 aliphatic rings. The van der Waals surface area contributed by atoms with Crippen molar-refractivity contribution in [2.75, 3.05) is 4.90 Å². The van der Waals surface area contributed by atoms with E-state index in [4.69, 9.17) is 4.98 Å². The van der Waals surface area contributed by atoms with Gasteiger partial charge in [0.1, 0.15) is 15.7 Å². The zero-order valence-electron chi connectivity index (χ0n) is 19.3. The summed E-state index contributed by atoms with van der Waals surface area (Å²) in [4.78, 5) is 12.2. The number of hydrogen-bond acceptors (Lipinski definition) is 4. The first-order chi connectivity index (χ1) is 16.8. The quantitative estimate of drug-likeness (QED) is 0.302. The summed E-state index contributed by atoms with van der Waals surface area (Å²) < 4.78 is 0. The lowest BCUT2D eigenvalue weighted by molar-refractivity contribution is 0.000706. The number of thiazole rings is 1. The van der Waals surface area contributed by atoms with Crippen molar-refractivity contribution < 1.29 is 0 Å². The molecule has 8 rings (SSSR count). The molecule has 2 aromatic heterocycles. The minimum absolute atomic E-state index is 0.559. The lowest BCUT2D eigenvalue weighted by Gasteiger charge is -2.57. The Morgan fingerprint density at radius 2 is 1.29 bits per heavy atom. The smallest absolute Gasteiger partial charge is 0.126 e. The van der Waals surface area contributed by atoms with Crippen molar-refractivity contribution in [1.82, 2.24) is 9.97 Å². The van der Waals surface area contributed by atoms with Gasteiger partial charge >= 0.3 is 0 Å². The van der Waals surface area contributed by atoms with Crippen LogP contribution in [0.5, 0.6) is 0 Å². The van der Waals surface area contributed by atoms with Gasteiger partial charge in [0.25, 0.3) is 0 Å². The fourth-order valence-corrected chi connectivity index (χ4v) is 8.37. The number of benzene rings is 2. The number of anilines is 2. The highest BCUT2D eigenvalue weighted by molar-refractivity contribution is 7.19. The first kappa shape index (κ1) is 20.4. The van der Waals surface area contributed by atoms with Crippen LogP contribution in [-0.4, -0.2) is 16.0 Å². The second-order valence-electron chi connectivity index (χ2n) is 10.4. The van der Waals surface area contributed by atoms with E-state index in [0.29, 0.717) is 6.04 Å². The van der Waals surface area contributed by atoms with Gasteiger partial charge in [-0.3, -0.25) is 4.98 Å². The molecule has 2 heterocycles. The summed E-state index contributed by atoms with van der Waals surface area (Å²) in [5.41, 5.74) is 4.75. The summed E-state index contributed by atoms with van der Waals surface area (Å²) in [7, 11) is 0. The third-order valence-corrected chi connectivity index (χ3v) is 9.42. The Hall–Kier alpha value is -2.98. The number of pyridine rings is 1. The molecule has 0 radical (unpaired) electrons. The van der Waals surface area contributed by atoms with Gasteiger partial charge in [0.15, 0.2) is 0 Å². The third-order valence-electron chi connectivity index (χ3n) is 8.31. The predicted molar refractivity (Wildman–Crippen MR) is 140 cm³/mol. The topological polar surface area (TPSA) is 29.0 Å². The first-order valence-electron chi connectivity index (χ1n) is 12.6. The van der Waals surface area contributed by atoms with Crippen molar-refractivity contribution in [3.8, 4) is 21.8 Å². The van der Waals surface area contributed by atoms with Crippen LogP contribution in [0.4, 0.5) is 10.7 Å². The first-order valence-corrected chi connectivity index (χ1v) is 13.5. The highest BCUT2D eigenvalue weighted by Gasteiger charge is 2.51. The molecule has 4 bridgehead atoms. The zero-order chi connectivity index (χ0) is 22.5. The van der Waals surface area contributed by atoms with Crippen molar-refractivity contribution in [3.05, 3.63) is 85.2 Å². The average molecular weight is 464 g/mol. The van der Waals surface area contributed by atoms with Gasteiger partial charge in [-0.05, 0) is 80.0 Å².